The van der Waals surface area contributed by atoms with Gasteiger partial charge in [-0.1, -0.05) is 11.6 Å². The van der Waals surface area contributed by atoms with Crippen LogP contribution in [0.2, 0.25) is 5.02 Å². The van der Waals surface area contributed by atoms with Gasteiger partial charge < -0.3 is 5.11 Å². The first-order valence-corrected chi connectivity index (χ1v) is 5.42. The van der Waals surface area contributed by atoms with Gasteiger partial charge in [0.25, 0.3) is 0 Å². The van der Waals surface area contributed by atoms with E-state index >= 15 is 0 Å². The van der Waals surface area contributed by atoms with Gasteiger partial charge in [-0.05, 0) is 18.2 Å². The lowest BCUT2D eigenvalue weighted by atomic mass is 10.2. The Morgan fingerprint density at radius 1 is 1.50 bits per heavy atom. The molecule has 1 heterocycles. The number of aromatic nitrogens is 1. The van der Waals surface area contributed by atoms with Crippen LogP contribution in [0.25, 0.3) is 10.6 Å². The minimum atomic E-state index is -1.03. The van der Waals surface area contributed by atoms with Gasteiger partial charge in [0.05, 0.1) is 11.2 Å². The predicted molar refractivity (Wildman–Crippen MR) is 59.5 cm³/mol. The smallest absolute Gasteiger partial charge is 0.347 e. The van der Waals surface area contributed by atoms with E-state index in [1.807, 2.05) is 0 Å². The largest absolute Gasteiger partial charge is 0.477 e. The Kier molecular flexibility index (Phi) is 2.89. The standard InChI is InChI=1S/C10H5ClFNO2S/c11-6-3-5(1-2-7(6)12)9-13-4-8(16-9)10(14)15/h1-4H,(H,14,15). The van der Waals surface area contributed by atoms with E-state index in [2.05, 4.69) is 4.98 Å². The first-order chi connectivity index (χ1) is 7.58. The van der Waals surface area contributed by atoms with E-state index in [4.69, 9.17) is 16.7 Å². The zero-order valence-electron chi connectivity index (χ0n) is 7.78. The van der Waals surface area contributed by atoms with Crippen LogP contribution in [-0.4, -0.2) is 16.1 Å². The second-order valence-corrected chi connectivity index (χ2v) is 4.40. The third-order valence-electron chi connectivity index (χ3n) is 1.88. The third-order valence-corrected chi connectivity index (χ3v) is 3.21. The summed E-state index contributed by atoms with van der Waals surface area (Å²) >= 11 is 6.64. The molecular weight excluding hydrogens is 253 g/mol. The number of halogens is 2. The Balaban J connectivity index is 2.42. The average molecular weight is 258 g/mol. The minimum Gasteiger partial charge on any atom is -0.477 e. The summed E-state index contributed by atoms with van der Waals surface area (Å²) in [6.45, 7) is 0. The molecule has 2 aromatic rings. The van der Waals surface area contributed by atoms with Crippen molar-refractivity contribution < 1.29 is 14.3 Å². The highest BCUT2D eigenvalue weighted by atomic mass is 35.5. The van der Waals surface area contributed by atoms with Crippen LogP contribution in [0.15, 0.2) is 24.4 Å². The molecule has 1 aromatic heterocycles. The second kappa shape index (κ2) is 4.19. The van der Waals surface area contributed by atoms with Gasteiger partial charge in [0.1, 0.15) is 15.7 Å². The maximum atomic E-state index is 12.9. The summed E-state index contributed by atoms with van der Waals surface area (Å²) in [5, 5.41) is 9.22. The van der Waals surface area contributed by atoms with Gasteiger partial charge >= 0.3 is 5.97 Å². The first kappa shape index (κ1) is 11.0. The summed E-state index contributed by atoms with van der Waals surface area (Å²) in [5.74, 6) is -1.54. The van der Waals surface area contributed by atoms with Gasteiger partial charge in [-0.15, -0.1) is 11.3 Å². The molecule has 0 amide bonds. The van der Waals surface area contributed by atoms with E-state index < -0.39 is 11.8 Å². The Labute approximate surface area is 99.1 Å². The average Bonchev–Trinajstić information content (AvgIpc) is 2.71. The van der Waals surface area contributed by atoms with Gasteiger partial charge in [-0.25, -0.2) is 14.2 Å². The molecule has 82 valence electrons. The molecular formula is C10H5ClFNO2S. The number of rotatable bonds is 2. The predicted octanol–water partition coefficient (Wildman–Crippen LogP) is 3.30. The number of thiazole rings is 1. The molecule has 0 fully saturated rings. The van der Waals surface area contributed by atoms with Crippen LogP contribution in [0.3, 0.4) is 0 Å². The number of carbonyl (C=O) groups is 1. The van der Waals surface area contributed by atoms with E-state index in [1.165, 1.54) is 24.4 Å². The third kappa shape index (κ3) is 2.05. The molecule has 0 aliphatic rings. The lowest BCUT2D eigenvalue weighted by Crippen LogP contribution is -1.89. The van der Waals surface area contributed by atoms with Crippen molar-refractivity contribution in [3.63, 3.8) is 0 Å². The number of hydrogen-bond donors (Lipinski definition) is 1. The molecule has 6 heteroatoms. The zero-order valence-corrected chi connectivity index (χ0v) is 9.35. The van der Waals surface area contributed by atoms with Gasteiger partial charge in [0.15, 0.2) is 0 Å². The SMILES string of the molecule is O=C(O)c1cnc(-c2ccc(F)c(Cl)c2)s1. The topological polar surface area (TPSA) is 50.2 Å². The van der Waals surface area contributed by atoms with Crippen LogP contribution in [-0.2, 0) is 0 Å². The fourth-order valence-electron chi connectivity index (χ4n) is 1.14. The van der Waals surface area contributed by atoms with Crippen molar-refractivity contribution in [2.75, 3.05) is 0 Å². The van der Waals surface area contributed by atoms with Gasteiger partial charge in [0.2, 0.25) is 0 Å². The van der Waals surface area contributed by atoms with Gasteiger partial charge in [0, 0.05) is 5.56 Å². The molecule has 1 N–H and O–H groups in total. The summed E-state index contributed by atoms with van der Waals surface area (Å²) in [5.41, 5.74) is 0.601. The Morgan fingerprint density at radius 2 is 2.25 bits per heavy atom. The second-order valence-electron chi connectivity index (χ2n) is 2.96. The lowest BCUT2D eigenvalue weighted by Gasteiger charge is -1.97. The molecule has 1 aromatic carbocycles. The first-order valence-electron chi connectivity index (χ1n) is 4.22. The van der Waals surface area contributed by atoms with E-state index in [0.29, 0.717) is 10.6 Å². The molecule has 16 heavy (non-hydrogen) atoms. The monoisotopic (exact) mass is 257 g/mol. The van der Waals surface area contributed by atoms with Crippen molar-refractivity contribution in [3.05, 3.63) is 40.1 Å². The minimum absolute atomic E-state index is 0.00965. The Hall–Kier alpha value is -1.46. The fraction of sp³-hybridized carbons (Fsp3) is 0. The van der Waals surface area contributed by atoms with E-state index in [9.17, 15) is 9.18 Å². The zero-order chi connectivity index (χ0) is 11.7. The van der Waals surface area contributed by atoms with Crippen LogP contribution in [0.5, 0.6) is 0 Å². The molecule has 0 aliphatic carbocycles. The number of benzene rings is 1. The van der Waals surface area contributed by atoms with Crippen LogP contribution in [0.4, 0.5) is 4.39 Å². The highest BCUT2D eigenvalue weighted by molar-refractivity contribution is 7.16. The molecule has 0 spiro atoms. The summed E-state index contributed by atoms with van der Waals surface area (Å²) in [4.78, 5) is 14.7. The summed E-state index contributed by atoms with van der Waals surface area (Å²) in [6, 6.07) is 4.15. The lowest BCUT2D eigenvalue weighted by molar-refractivity contribution is 0.0702. The number of aromatic carboxylic acids is 1. The number of hydrogen-bond acceptors (Lipinski definition) is 3. The molecule has 0 bridgehead atoms. The van der Waals surface area contributed by atoms with Crippen molar-refractivity contribution >= 4 is 28.9 Å². The quantitative estimate of drug-likeness (QED) is 0.898. The summed E-state index contributed by atoms with van der Waals surface area (Å²) in [6.07, 6.45) is 1.26. The van der Waals surface area contributed by atoms with Crippen molar-refractivity contribution in [2.24, 2.45) is 0 Å². The highest BCUT2D eigenvalue weighted by Gasteiger charge is 2.11. The fourth-order valence-corrected chi connectivity index (χ4v) is 2.07. The Bertz CT molecular complexity index is 556. The number of carboxylic acids is 1. The molecule has 0 radical (unpaired) electrons. The van der Waals surface area contributed by atoms with Crippen LogP contribution < -0.4 is 0 Å². The Morgan fingerprint density at radius 3 is 2.81 bits per heavy atom. The van der Waals surface area contributed by atoms with E-state index in [0.717, 1.165) is 11.3 Å². The normalized spacial score (nSPS) is 10.4. The van der Waals surface area contributed by atoms with E-state index in [1.54, 1.807) is 0 Å². The molecule has 0 aliphatic heterocycles. The number of carboxylic acid groups (broad SMARTS) is 1. The molecule has 0 atom stereocenters. The van der Waals surface area contributed by atoms with Gasteiger partial charge in [-0.2, -0.15) is 0 Å². The molecule has 2 rings (SSSR count). The van der Waals surface area contributed by atoms with Crippen molar-refractivity contribution in [2.45, 2.75) is 0 Å². The molecule has 0 saturated heterocycles. The van der Waals surface area contributed by atoms with Crippen LogP contribution in [0.1, 0.15) is 9.67 Å². The van der Waals surface area contributed by atoms with Crippen LogP contribution >= 0.6 is 22.9 Å². The maximum absolute atomic E-state index is 12.9. The summed E-state index contributed by atoms with van der Waals surface area (Å²) in [7, 11) is 0. The number of nitrogens with zero attached hydrogens (tertiary/aromatic N) is 1. The molecule has 0 unspecified atom stereocenters. The molecule has 0 saturated carbocycles. The van der Waals surface area contributed by atoms with Crippen molar-refractivity contribution in [1.29, 1.82) is 0 Å². The highest BCUT2D eigenvalue weighted by Crippen LogP contribution is 2.28. The molecule has 3 nitrogen and oxygen atoms in total. The van der Waals surface area contributed by atoms with Crippen LogP contribution in [0, 0.1) is 5.82 Å². The summed E-state index contributed by atoms with van der Waals surface area (Å²) < 4.78 is 12.9. The van der Waals surface area contributed by atoms with Crippen molar-refractivity contribution in [1.82, 2.24) is 4.98 Å². The van der Waals surface area contributed by atoms with E-state index in [-0.39, 0.29) is 9.90 Å². The van der Waals surface area contributed by atoms with Crippen molar-refractivity contribution in [3.8, 4) is 10.6 Å². The maximum Gasteiger partial charge on any atom is 0.347 e. The van der Waals surface area contributed by atoms with Gasteiger partial charge in [-0.3, -0.25) is 0 Å².